The number of nitrogens with zero attached hydrogens (tertiary/aromatic N) is 1. The van der Waals surface area contributed by atoms with E-state index in [1.165, 1.54) is 23.5 Å². The molecule has 0 spiro atoms. The number of nitrogens with one attached hydrogen (secondary N) is 1. The van der Waals surface area contributed by atoms with E-state index in [-0.39, 0.29) is 5.82 Å². The average Bonchev–Trinajstić information content (AvgIpc) is 2.80. The van der Waals surface area contributed by atoms with Gasteiger partial charge < -0.3 is 10.1 Å². The second kappa shape index (κ2) is 5.09. The summed E-state index contributed by atoms with van der Waals surface area (Å²) in [7, 11) is 1.65. The van der Waals surface area contributed by atoms with Crippen molar-refractivity contribution in [3.63, 3.8) is 0 Å². The van der Waals surface area contributed by atoms with Crippen molar-refractivity contribution in [1.82, 2.24) is 4.98 Å². The average molecular weight is 288 g/mol. The molecule has 0 bridgehead atoms. The molecule has 5 heteroatoms. The fourth-order valence-electron chi connectivity index (χ4n) is 2.03. The zero-order chi connectivity index (χ0) is 14.1. The van der Waals surface area contributed by atoms with E-state index in [1.54, 1.807) is 13.2 Å². The number of halogens is 1. The van der Waals surface area contributed by atoms with E-state index < -0.39 is 0 Å². The van der Waals surface area contributed by atoms with E-state index in [9.17, 15) is 4.39 Å². The maximum absolute atomic E-state index is 13.2. The van der Waals surface area contributed by atoms with E-state index >= 15 is 0 Å². The lowest BCUT2D eigenvalue weighted by Gasteiger charge is -2.07. The minimum atomic E-state index is -0.243. The van der Waals surface area contributed by atoms with Crippen LogP contribution in [0.25, 0.3) is 10.2 Å². The molecular formula is C15H13FN2OS. The summed E-state index contributed by atoms with van der Waals surface area (Å²) in [4.78, 5) is 4.43. The predicted molar refractivity (Wildman–Crippen MR) is 80.6 cm³/mol. The topological polar surface area (TPSA) is 34.1 Å². The zero-order valence-corrected chi connectivity index (χ0v) is 11.9. The van der Waals surface area contributed by atoms with Crippen LogP contribution in [-0.2, 0) is 0 Å². The third-order valence-electron chi connectivity index (χ3n) is 3.00. The molecule has 0 aliphatic carbocycles. The second-order valence-electron chi connectivity index (χ2n) is 4.44. The van der Waals surface area contributed by atoms with Crippen molar-refractivity contribution in [3.05, 3.63) is 47.8 Å². The molecular weight excluding hydrogens is 275 g/mol. The van der Waals surface area contributed by atoms with Crippen molar-refractivity contribution >= 4 is 32.4 Å². The van der Waals surface area contributed by atoms with Gasteiger partial charge in [0.05, 0.1) is 17.3 Å². The molecule has 1 N–H and O–H groups in total. The lowest BCUT2D eigenvalue weighted by Crippen LogP contribution is -1.92. The van der Waals surface area contributed by atoms with Gasteiger partial charge in [-0.3, -0.25) is 0 Å². The van der Waals surface area contributed by atoms with Crippen LogP contribution in [0.15, 0.2) is 36.4 Å². The summed E-state index contributed by atoms with van der Waals surface area (Å²) in [6, 6.07) is 10.4. The van der Waals surface area contributed by atoms with Crippen LogP contribution in [0, 0.1) is 12.7 Å². The summed E-state index contributed by atoms with van der Waals surface area (Å²) in [5, 5.41) is 3.98. The largest absolute Gasteiger partial charge is 0.496 e. The van der Waals surface area contributed by atoms with Crippen molar-refractivity contribution < 1.29 is 9.13 Å². The van der Waals surface area contributed by atoms with Gasteiger partial charge >= 0.3 is 0 Å². The zero-order valence-electron chi connectivity index (χ0n) is 11.1. The number of thiazole rings is 1. The van der Waals surface area contributed by atoms with Gasteiger partial charge in [0.1, 0.15) is 11.6 Å². The fraction of sp³-hybridized carbons (Fsp3) is 0.133. The first-order chi connectivity index (χ1) is 9.65. The normalized spacial score (nSPS) is 10.8. The monoisotopic (exact) mass is 288 g/mol. The molecule has 0 fully saturated rings. The first-order valence-corrected chi connectivity index (χ1v) is 6.95. The number of ether oxygens (including phenoxy) is 1. The predicted octanol–water partition coefficient (Wildman–Crippen LogP) is 4.50. The van der Waals surface area contributed by atoms with Crippen LogP contribution in [0.4, 0.5) is 15.2 Å². The van der Waals surface area contributed by atoms with E-state index in [0.29, 0.717) is 0 Å². The number of hydrogen-bond acceptors (Lipinski definition) is 4. The molecule has 0 aliphatic rings. The lowest BCUT2D eigenvalue weighted by atomic mass is 10.2. The Morgan fingerprint density at radius 2 is 2.05 bits per heavy atom. The Morgan fingerprint density at radius 1 is 1.20 bits per heavy atom. The van der Waals surface area contributed by atoms with Crippen molar-refractivity contribution in [2.45, 2.75) is 6.92 Å². The number of hydrogen-bond donors (Lipinski definition) is 1. The molecule has 0 unspecified atom stereocenters. The molecule has 0 radical (unpaired) electrons. The summed E-state index contributed by atoms with van der Waals surface area (Å²) in [6.45, 7) is 1.98. The Labute approximate surface area is 120 Å². The smallest absolute Gasteiger partial charge is 0.188 e. The van der Waals surface area contributed by atoms with Gasteiger partial charge in [-0.25, -0.2) is 9.37 Å². The van der Waals surface area contributed by atoms with E-state index in [1.807, 2.05) is 25.1 Å². The van der Waals surface area contributed by atoms with Crippen LogP contribution in [-0.4, -0.2) is 12.1 Å². The second-order valence-corrected chi connectivity index (χ2v) is 5.47. The Bertz CT molecular complexity index is 770. The highest BCUT2D eigenvalue weighted by Gasteiger charge is 2.06. The molecule has 1 heterocycles. The Kier molecular flexibility index (Phi) is 3.28. The number of rotatable bonds is 3. The first-order valence-electron chi connectivity index (χ1n) is 6.13. The quantitative estimate of drug-likeness (QED) is 0.770. The SMILES string of the molecule is COc1ccc(Nc2nc3ccc(F)cc3s2)cc1C. The van der Waals surface area contributed by atoms with Gasteiger partial charge in [-0.1, -0.05) is 11.3 Å². The fourth-order valence-corrected chi connectivity index (χ4v) is 2.94. The number of aryl methyl sites for hydroxylation is 1. The molecule has 3 nitrogen and oxygen atoms in total. The summed E-state index contributed by atoms with van der Waals surface area (Å²) >= 11 is 1.43. The molecule has 0 atom stereocenters. The Balaban J connectivity index is 1.90. The molecule has 3 rings (SSSR count). The highest BCUT2D eigenvalue weighted by molar-refractivity contribution is 7.22. The van der Waals surface area contributed by atoms with Gasteiger partial charge in [0.25, 0.3) is 0 Å². The molecule has 0 amide bonds. The molecule has 20 heavy (non-hydrogen) atoms. The minimum absolute atomic E-state index is 0.243. The minimum Gasteiger partial charge on any atom is -0.496 e. The number of aromatic nitrogens is 1. The van der Waals surface area contributed by atoms with Gasteiger partial charge in [0.15, 0.2) is 5.13 Å². The first kappa shape index (κ1) is 12.9. The van der Waals surface area contributed by atoms with Crippen LogP contribution in [0.3, 0.4) is 0 Å². The third kappa shape index (κ3) is 2.44. The van der Waals surface area contributed by atoms with E-state index in [0.717, 1.165) is 32.3 Å². The van der Waals surface area contributed by atoms with Crippen LogP contribution >= 0.6 is 11.3 Å². The van der Waals surface area contributed by atoms with Crippen LogP contribution < -0.4 is 10.1 Å². The standard InChI is InChI=1S/C15H13FN2OS/c1-9-7-11(4-6-13(9)19-2)17-15-18-12-5-3-10(16)8-14(12)20-15/h3-8H,1-2H3,(H,17,18). The molecule has 2 aromatic carbocycles. The van der Waals surface area contributed by atoms with Gasteiger partial charge in [0, 0.05) is 5.69 Å². The van der Waals surface area contributed by atoms with Crippen LogP contribution in [0.1, 0.15) is 5.56 Å². The molecule has 0 saturated heterocycles. The summed E-state index contributed by atoms with van der Waals surface area (Å²) in [5.74, 6) is 0.606. The van der Waals surface area contributed by atoms with E-state index in [2.05, 4.69) is 10.3 Å². The van der Waals surface area contributed by atoms with Gasteiger partial charge in [-0.05, 0) is 48.9 Å². The van der Waals surface area contributed by atoms with Crippen molar-refractivity contribution in [2.24, 2.45) is 0 Å². The maximum Gasteiger partial charge on any atom is 0.188 e. The Morgan fingerprint density at radius 3 is 2.80 bits per heavy atom. The van der Waals surface area contributed by atoms with Gasteiger partial charge in [-0.15, -0.1) is 0 Å². The number of fused-ring (bicyclic) bond motifs is 1. The summed E-state index contributed by atoms with van der Waals surface area (Å²) in [6.07, 6.45) is 0. The summed E-state index contributed by atoms with van der Waals surface area (Å²) in [5.41, 5.74) is 2.77. The van der Waals surface area contributed by atoms with Crippen LogP contribution in [0.2, 0.25) is 0 Å². The highest BCUT2D eigenvalue weighted by atomic mass is 32.1. The molecule has 1 aromatic heterocycles. The molecule has 3 aromatic rings. The number of anilines is 2. The van der Waals surface area contributed by atoms with E-state index in [4.69, 9.17) is 4.74 Å². The van der Waals surface area contributed by atoms with Crippen molar-refractivity contribution in [1.29, 1.82) is 0 Å². The molecule has 102 valence electrons. The van der Waals surface area contributed by atoms with Crippen molar-refractivity contribution in [3.8, 4) is 5.75 Å². The lowest BCUT2D eigenvalue weighted by molar-refractivity contribution is 0.412. The summed E-state index contributed by atoms with van der Waals surface area (Å²) < 4.78 is 19.2. The van der Waals surface area contributed by atoms with Gasteiger partial charge in [0.2, 0.25) is 0 Å². The maximum atomic E-state index is 13.2. The van der Waals surface area contributed by atoms with Crippen molar-refractivity contribution in [2.75, 3.05) is 12.4 Å². The number of methoxy groups -OCH3 is 1. The molecule has 0 saturated carbocycles. The van der Waals surface area contributed by atoms with Crippen LogP contribution in [0.5, 0.6) is 5.75 Å². The third-order valence-corrected chi connectivity index (χ3v) is 3.93. The molecule has 0 aliphatic heterocycles. The number of benzene rings is 2. The van der Waals surface area contributed by atoms with Gasteiger partial charge in [-0.2, -0.15) is 0 Å². The Hall–Kier alpha value is -2.14. The highest BCUT2D eigenvalue weighted by Crippen LogP contribution is 2.30.